The van der Waals surface area contributed by atoms with E-state index in [1.807, 2.05) is 20.8 Å². The molecule has 0 saturated heterocycles. The second-order valence-electron chi connectivity index (χ2n) is 2.48. The minimum atomic E-state index is -0.171. The van der Waals surface area contributed by atoms with Crippen molar-refractivity contribution < 1.29 is 9.53 Å². The lowest BCUT2D eigenvalue weighted by molar-refractivity contribution is -0.142. The first-order valence-electron chi connectivity index (χ1n) is 3.42. The van der Waals surface area contributed by atoms with E-state index < -0.39 is 0 Å². The highest BCUT2D eigenvalue weighted by Crippen LogP contribution is 2.01. The summed E-state index contributed by atoms with van der Waals surface area (Å²) >= 11 is 0. The Morgan fingerprint density at radius 3 is 2.30 bits per heavy atom. The molecule has 0 spiro atoms. The van der Waals surface area contributed by atoms with Gasteiger partial charge in [-0.25, -0.2) is 0 Å². The van der Waals surface area contributed by atoms with Crippen molar-refractivity contribution in [1.29, 1.82) is 0 Å². The number of esters is 1. The fourth-order valence-corrected chi connectivity index (χ4v) is 0.335. The quantitative estimate of drug-likeness (QED) is 0.436. The average molecular weight is 142 g/mol. The Bertz CT molecular complexity index is 145. The Morgan fingerprint density at radius 1 is 1.50 bits per heavy atom. The zero-order valence-corrected chi connectivity index (χ0v) is 6.97. The molecule has 0 amide bonds. The standard InChI is InChI=1S/C8H14O2/c1-5-7(4)10-8(9)6(2)3/h5-6H,1-4H3. The molecule has 0 fully saturated rings. The summed E-state index contributed by atoms with van der Waals surface area (Å²) in [6, 6.07) is 0. The molecule has 0 aromatic carbocycles. The van der Waals surface area contributed by atoms with E-state index in [0.29, 0.717) is 5.76 Å². The number of hydrogen-bond acceptors (Lipinski definition) is 2. The van der Waals surface area contributed by atoms with Crippen LogP contribution in [-0.2, 0) is 9.53 Å². The smallest absolute Gasteiger partial charge is 0.313 e. The molecule has 58 valence electrons. The Balaban J connectivity index is 3.81. The van der Waals surface area contributed by atoms with Gasteiger partial charge in [0.15, 0.2) is 0 Å². The number of carbonyl (C=O) groups is 1. The number of ether oxygens (including phenoxy) is 1. The van der Waals surface area contributed by atoms with Gasteiger partial charge in [-0.1, -0.05) is 13.8 Å². The zero-order chi connectivity index (χ0) is 8.15. The van der Waals surface area contributed by atoms with Gasteiger partial charge in [0, 0.05) is 0 Å². The zero-order valence-electron chi connectivity index (χ0n) is 6.97. The summed E-state index contributed by atoms with van der Waals surface area (Å²) in [5, 5.41) is 0. The van der Waals surface area contributed by atoms with Crippen LogP contribution in [0.3, 0.4) is 0 Å². The van der Waals surface area contributed by atoms with Gasteiger partial charge < -0.3 is 4.74 Å². The molecule has 0 rings (SSSR count). The van der Waals surface area contributed by atoms with Crippen LogP contribution in [0.5, 0.6) is 0 Å². The molecule has 2 heteroatoms. The molecule has 0 unspecified atom stereocenters. The van der Waals surface area contributed by atoms with Crippen LogP contribution in [0.25, 0.3) is 0 Å². The van der Waals surface area contributed by atoms with E-state index in [0.717, 1.165) is 0 Å². The lowest BCUT2D eigenvalue weighted by atomic mass is 10.2. The monoisotopic (exact) mass is 142 g/mol. The first kappa shape index (κ1) is 9.21. The Hall–Kier alpha value is -0.790. The second kappa shape index (κ2) is 4.09. The van der Waals surface area contributed by atoms with Crippen LogP contribution in [0.15, 0.2) is 11.8 Å². The highest BCUT2D eigenvalue weighted by atomic mass is 16.5. The molecule has 0 heterocycles. The Kier molecular flexibility index (Phi) is 3.77. The van der Waals surface area contributed by atoms with Crippen molar-refractivity contribution in [2.24, 2.45) is 5.92 Å². The van der Waals surface area contributed by atoms with Crippen molar-refractivity contribution >= 4 is 5.97 Å². The third-order valence-corrected chi connectivity index (χ3v) is 1.14. The molecule has 0 aliphatic carbocycles. The summed E-state index contributed by atoms with van der Waals surface area (Å²) in [5.74, 6) is 0.448. The summed E-state index contributed by atoms with van der Waals surface area (Å²) in [6.45, 7) is 7.22. The molecular weight excluding hydrogens is 128 g/mol. The highest BCUT2D eigenvalue weighted by Gasteiger charge is 2.07. The molecule has 0 aromatic rings. The predicted molar refractivity (Wildman–Crippen MR) is 40.4 cm³/mol. The van der Waals surface area contributed by atoms with E-state index in [-0.39, 0.29) is 11.9 Å². The number of carbonyl (C=O) groups excluding carboxylic acids is 1. The Morgan fingerprint density at radius 2 is 2.00 bits per heavy atom. The van der Waals surface area contributed by atoms with Crippen molar-refractivity contribution in [2.75, 3.05) is 0 Å². The number of hydrogen-bond donors (Lipinski definition) is 0. The van der Waals surface area contributed by atoms with Crippen LogP contribution in [0.2, 0.25) is 0 Å². The molecule has 0 bridgehead atoms. The van der Waals surface area contributed by atoms with Gasteiger partial charge in [0.05, 0.1) is 5.92 Å². The fraction of sp³-hybridized carbons (Fsp3) is 0.625. The van der Waals surface area contributed by atoms with Crippen LogP contribution < -0.4 is 0 Å². The van der Waals surface area contributed by atoms with Gasteiger partial charge in [-0.15, -0.1) is 0 Å². The third kappa shape index (κ3) is 3.28. The van der Waals surface area contributed by atoms with Gasteiger partial charge >= 0.3 is 5.97 Å². The van der Waals surface area contributed by atoms with E-state index in [9.17, 15) is 4.79 Å². The molecule has 10 heavy (non-hydrogen) atoms. The molecule has 0 saturated carbocycles. The van der Waals surface area contributed by atoms with Crippen molar-refractivity contribution in [2.45, 2.75) is 27.7 Å². The molecule has 0 atom stereocenters. The summed E-state index contributed by atoms with van der Waals surface area (Å²) in [6.07, 6.45) is 1.76. The highest BCUT2D eigenvalue weighted by molar-refractivity contribution is 5.72. The van der Waals surface area contributed by atoms with Crippen molar-refractivity contribution in [3.8, 4) is 0 Å². The first-order chi connectivity index (χ1) is 4.57. The predicted octanol–water partition coefficient (Wildman–Crippen LogP) is 2.11. The van der Waals surface area contributed by atoms with E-state index >= 15 is 0 Å². The maximum Gasteiger partial charge on any atom is 0.313 e. The first-order valence-corrected chi connectivity index (χ1v) is 3.42. The summed E-state index contributed by atoms with van der Waals surface area (Å²) < 4.78 is 4.88. The molecule has 0 aromatic heterocycles. The SMILES string of the molecule is CC=C(C)OC(=O)C(C)C. The van der Waals surface area contributed by atoms with Crippen molar-refractivity contribution in [3.05, 3.63) is 11.8 Å². The topological polar surface area (TPSA) is 26.3 Å². The fourth-order valence-electron chi connectivity index (χ4n) is 0.335. The lowest BCUT2D eigenvalue weighted by Crippen LogP contribution is -2.09. The number of rotatable bonds is 2. The van der Waals surface area contributed by atoms with E-state index in [4.69, 9.17) is 4.74 Å². The minimum Gasteiger partial charge on any atom is -0.432 e. The van der Waals surface area contributed by atoms with Crippen LogP contribution in [0, 0.1) is 5.92 Å². The van der Waals surface area contributed by atoms with Gasteiger partial charge in [-0.05, 0) is 19.9 Å². The number of allylic oxidation sites excluding steroid dienone is 2. The Labute approximate surface area is 61.9 Å². The van der Waals surface area contributed by atoms with E-state index in [1.54, 1.807) is 13.0 Å². The van der Waals surface area contributed by atoms with Crippen LogP contribution in [0.4, 0.5) is 0 Å². The largest absolute Gasteiger partial charge is 0.432 e. The molecular formula is C8H14O2. The second-order valence-corrected chi connectivity index (χ2v) is 2.48. The third-order valence-electron chi connectivity index (χ3n) is 1.14. The van der Waals surface area contributed by atoms with Gasteiger partial charge in [0.2, 0.25) is 0 Å². The maximum atomic E-state index is 10.8. The molecule has 0 radical (unpaired) electrons. The molecule has 2 nitrogen and oxygen atoms in total. The summed E-state index contributed by atoms with van der Waals surface area (Å²) in [5.41, 5.74) is 0. The molecule has 0 N–H and O–H groups in total. The minimum absolute atomic E-state index is 0.0464. The van der Waals surface area contributed by atoms with E-state index in [1.165, 1.54) is 0 Å². The van der Waals surface area contributed by atoms with Crippen molar-refractivity contribution in [3.63, 3.8) is 0 Å². The average Bonchev–Trinajstić information content (AvgIpc) is 1.87. The summed E-state index contributed by atoms with van der Waals surface area (Å²) in [7, 11) is 0. The van der Waals surface area contributed by atoms with Crippen molar-refractivity contribution in [1.82, 2.24) is 0 Å². The van der Waals surface area contributed by atoms with Gasteiger partial charge in [0.1, 0.15) is 5.76 Å². The van der Waals surface area contributed by atoms with E-state index in [2.05, 4.69) is 0 Å². The summed E-state index contributed by atoms with van der Waals surface area (Å²) in [4.78, 5) is 10.8. The van der Waals surface area contributed by atoms with Crippen LogP contribution in [-0.4, -0.2) is 5.97 Å². The lowest BCUT2D eigenvalue weighted by Gasteiger charge is -2.04. The molecule has 0 aliphatic rings. The normalized spacial score (nSPS) is 11.9. The van der Waals surface area contributed by atoms with Crippen LogP contribution in [0.1, 0.15) is 27.7 Å². The van der Waals surface area contributed by atoms with Crippen LogP contribution >= 0.6 is 0 Å². The maximum absolute atomic E-state index is 10.8. The van der Waals surface area contributed by atoms with Gasteiger partial charge in [-0.3, -0.25) is 4.79 Å². The molecule has 0 aliphatic heterocycles. The van der Waals surface area contributed by atoms with Gasteiger partial charge in [0.25, 0.3) is 0 Å². The van der Waals surface area contributed by atoms with Gasteiger partial charge in [-0.2, -0.15) is 0 Å².